The lowest BCUT2D eigenvalue weighted by molar-refractivity contribution is 0.306. The van der Waals surface area contributed by atoms with E-state index in [1.54, 1.807) is 0 Å². The molecule has 0 bridgehead atoms. The Morgan fingerprint density at radius 2 is 1.74 bits per heavy atom. The number of hydrogen-bond acceptors (Lipinski definition) is 2. The maximum absolute atomic E-state index is 5.78. The Balaban J connectivity index is 1.58. The molecule has 1 fully saturated rings. The fourth-order valence-corrected chi connectivity index (χ4v) is 2.47. The number of hydrogen-bond donors (Lipinski definition) is 1. The maximum Gasteiger partial charge on any atom is 0.119 e. The molecule has 0 aromatic heterocycles. The van der Waals surface area contributed by atoms with Crippen LogP contribution in [0.3, 0.4) is 0 Å². The second-order valence-electron chi connectivity index (χ2n) is 5.18. The Hall–Kier alpha value is -1.80. The van der Waals surface area contributed by atoms with Gasteiger partial charge < -0.3 is 10.5 Å². The number of ether oxygens (including phenoxy) is 1. The van der Waals surface area contributed by atoms with Gasteiger partial charge in [0.25, 0.3) is 0 Å². The van der Waals surface area contributed by atoms with Crippen LogP contribution in [0, 0.1) is 5.92 Å². The highest BCUT2D eigenvalue weighted by Crippen LogP contribution is 2.46. The van der Waals surface area contributed by atoms with Crippen molar-refractivity contribution in [3.63, 3.8) is 0 Å². The van der Waals surface area contributed by atoms with E-state index in [-0.39, 0.29) is 0 Å². The minimum Gasteiger partial charge on any atom is -0.489 e. The Morgan fingerprint density at radius 1 is 1.00 bits per heavy atom. The van der Waals surface area contributed by atoms with Crippen LogP contribution < -0.4 is 10.5 Å². The van der Waals surface area contributed by atoms with Crippen LogP contribution in [0.15, 0.2) is 54.6 Å². The van der Waals surface area contributed by atoms with E-state index < -0.39 is 0 Å². The Labute approximate surface area is 114 Å². The number of rotatable bonds is 5. The molecule has 98 valence electrons. The predicted octanol–water partition coefficient (Wildman–Crippen LogP) is 3.33. The largest absolute Gasteiger partial charge is 0.489 e. The van der Waals surface area contributed by atoms with Gasteiger partial charge in [-0.15, -0.1) is 0 Å². The van der Waals surface area contributed by atoms with E-state index in [4.69, 9.17) is 10.5 Å². The summed E-state index contributed by atoms with van der Waals surface area (Å²) in [6.45, 7) is 1.42. The molecular formula is C17H19NO. The van der Waals surface area contributed by atoms with E-state index in [1.807, 2.05) is 18.2 Å². The molecule has 0 saturated heterocycles. The second-order valence-corrected chi connectivity index (χ2v) is 5.18. The van der Waals surface area contributed by atoms with Crippen molar-refractivity contribution in [3.8, 4) is 5.75 Å². The molecule has 2 heteroatoms. The van der Waals surface area contributed by atoms with Crippen LogP contribution in [-0.4, -0.2) is 6.54 Å². The molecule has 19 heavy (non-hydrogen) atoms. The van der Waals surface area contributed by atoms with E-state index in [0.717, 1.165) is 12.3 Å². The normalized spacial score (nSPS) is 21.1. The first kappa shape index (κ1) is 12.2. The molecule has 0 heterocycles. The molecule has 0 unspecified atom stereocenters. The number of benzene rings is 2. The van der Waals surface area contributed by atoms with E-state index in [2.05, 4.69) is 36.4 Å². The molecule has 2 aromatic rings. The van der Waals surface area contributed by atoms with Gasteiger partial charge in [0.05, 0.1) is 0 Å². The summed E-state index contributed by atoms with van der Waals surface area (Å²) in [5.41, 5.74) is 8.26. The molecule has 2 aromatic carbocycles. The summed E-state index contributed by atoms with van der Waals surface area (Å²) in [5, 5.41) is 0. The third kappa shape index (κ3) is 2.96. The van der Waals surface area contributed by atoms with Gasteiger partial charge in [0.1, 0.15) is 12.4 Å². The summed E-state index contributed by atoms with van der Waals surface area (Å²) >= 11 is 0. The highest BCUT2D eigenvalue weighted by molar-refractivity contribution is 5.32. The van der Waals surface area contributed by atoms with Crippen LogP contribution in [0.1, 0.15) is 23.5 Å². The van der Waals surface area contributed by atoms with Crippen LogP contribution in [-0.2, 0) is 6.61 Å². The van der Waals surface area contributed by atoms with Crippen molar-refractivity contribution < 1.29 is 4.74 Å². The van der Waals surface area contributed by atoms with Crippen LogP contribution in [0.5, 0.6) is 5.75 Å². The molecule has 0 aliphatic heterocycles. The van der Waals surface area contributed by atoms with Gasteiger partial charge in [-0.2, -0.15) is 0 Å². The lowest BCUT2D eigenvalue weighted by atomic mass is 10.1. The van der Waals surface area contributed by atoms with Crippen LogP contribution >= 0.6 is 0 Å². The zero-order valence-corrected chi connectivity index (χ0v) is 11.0. The second kappa shape index (κ2) is 5.45. The minimum atomic E-state index is 0.620. The summed E-state index contributed by atoms with van der Waals surface area (Å²) < 4.78 is 5.78. The van der Waals surface area contributed by atoms with Gasteiger partial charge in [-0.05, 0) is 48.1 Å². The van der Waals surface area contributed by atoms with Gasteiger partial charge >= 0.3 is 0 Å². The molecular weight excluding hydrogens is 234 g/mol. The third-order valence-corrected chi connectivity index (χ3v) is 3.78. The van der Waals surface area contributed by atoms with Crippen molar-refractivity contribution in [1.82, 2.24) is 0 Å². The fourth-order valence-electron chi connectivity index (χ4n) is 2.47. The SMILES string of the molecule is NC[C@@H]1C[C@@H]1c1ccc(OCc2ccccc2)cc1. The summed E-state index contributed by atoms with van der Waals surface area (Å²) in [7, 11) is 0. The average Bonchev–Trinajstić information content (AvgIpc) is 3.26. The van der Waals surface area contributed by atoms with Crippen LogP contribution in [0.4, 0.5) is 0 Å². The quantitative estimate of drug-likeness (QED) is 0.887. The third-order valence-electron chi connectivity index (χ3n) is 3.78. The zero-order chi connectivity index (χ0) is 13.1. The summed E-state index contributed by atoms with van der Waals surface area (Å²) in [5.74, 6) is 2.29. The summed E-state index contributed by atoms with van der Waals surface area (Å²) in [4.78, 5) is 0. The molecule has 2 N–H and O–H groups in total. The van der Waals surface area contributed by atoms with Gasteiger partial charge in [0, 0.05) is 0 Å². The average molecular weight is 253 g/mol. The van der Waals surface area contributed by atoms with E-state index >= 15 is 0 Å². The molecule has 2 nitrogen and oxygen atoms in total. The van der Waals surface area contributed by atoms with Crippen LogP contribution in [0.25, 0.3) is 0 Å². The lowest BCUT2D eigenvalue weighted by Crippen LogP contribution is -2.01. The van der Waals surface area contributed by atoms with Crippen molar-refractivity contribution in [1.29, 1.82) is 0 Å². The molecule has 0 amide bonds. The van der Waals surface area contributed by atoms with Crippen molar-refractivity contribution in [2.45, 2.75) is 18.9 Å². The molecule has 0 spiro atoms. The maximum atomic E-state index is 5.78. The van der Waals surface area contributed by atoms with Crippen LogP contribution in [0.2, 0.25) is 0 Å². The molecule has 2 atom stereocenters. The van der Waals surface area contributed by atoms with E-state index in [1.165, 1.54) is 17.5 Å². The molecule has 3 rings (SSSR count). The standard InChI is InChI=1S/C17H19NO/c18-11-15-10-17(15)14-6-8-16(9-7-14)19-12-13-4-2-1-3-5-13/h1-9,15,17H,10-12,18H2/t15-,17+/m0/s1. The van der Waals surface area contributed by atoms with Gasteiger partial charge in [0.15, 0.2) is 0 Å². The predicted molar refractivity (Wildman–Crippen MR) is 77.1 cm³/mol. The van der Waals surface area contributed by atoms with Gasteiger partial charge in [-0.1, -0.05) is 42.5 Å². The fraction of sp³-hybridized carbons (Fsp3) is 0.294. The first-order valence-electron chi connectivity index (χ1n) is 6.83. The first-order valence-corrected chi connectivity index (χ1v) is 6.83. The summed E-state index contributed by atoms with van der Waals surface area (Å²) in [6, 6.07) is 18.7. The Morgan fingerprint density at radius 3 is 2.37 bits per heavy atom. The molecule has 1 saturated carbocycles. The lowest BCUT2D eigenvalue weighted by Gasteiger charge is -2.07. The highest BCUT2D eigenvalue weighted by atomic mass is 16.5. The topological polar surface area (TPSA) is 35.2 Å². The zero-order valence-electron chi connectivity index (χ0n) is 11.0. The molecule has 0 radical (unpaired) electrons. The van der Waals surface area contributed by atoms with Gasteiger partial charge in [-0.25, -0.2) is 0 Å². The molecule has 1 aliphatic carbocycles. The molecule has 1 aliphatic rings. The summed E-state index contributed by atoms with van der Waals surface area (Å²) in [6.07, 6.45) is 1.24. The van der Waals surface area contributed by atoms with Gasteiger partial charge in [-0.3, -0.25) is 0 Å². The van der Waals surface area contributed by atoms with Crippen molar-refractivity contribution in [2.75, 3.05) is 6.54 Å². The van der Waals surface area contributed by atoms with E-state index in [9.17, 15) is 0 Å². The van der Waals surface area contributed by atoms with E-state index in [0.29, 0.717) is 18.4 Å². The first-order chi connectivity index (χ1) is 9.36. The Bertz CT molecular complexity index is 521. The van der Waals surface area contributed by atoms with Crippen molar-refractivity contribution in [3.05, 3.63) is 65.7 Å². The van der Waals surface area contributed by atoms with Crippen molar-refractivity contribution in [2.24, 2.45) is 11.7 Å². The smallest absolute Gasteiger partial charge is 0.119 e. The number of nitrogens with two attached hydrogens (primary N) is 1. The monoisotopic (exact) mass is 253 g/mol. The Kier molecular flexibility index (Phi) is 3.51. The van der Waals surface area contributed by atoms with Gasteiger partial charge in [0.2, 0.25) is 0 Å². The minimum absolute atomic E-state index is 0.620. The highest BCUT2D eigenvalue weighted by Gasteiger charge is 2.36. The van der Waals surface area contributed by atoms with Crippen molar-refractivity contribution >= 4 is 0 Å².